The van der Waals surface area contributed by atoms with Gasteiger partial charge in [-0.25, -0.2) is 0 Å². The van der Waals surface area contributed by atoms with Gasteiger partial charge in [0.05, 0.1) is 11.0 Å². The van der Waals surface area contributed by atoms with Crippen molar-refractivity contribution in [2.75, 3.05) is 37.6 Å². The van der Waals surface area contributed by atoms with Crippen molar-refractivity contribution in [1.82, 2.24) is 4.90 Å². The van der Waals surface area contributed by atoms with Gasteiger partial charge in [-0.05, 0) is 19.1 Å². The molecule has 0 bridgehead atoms. The number of benzene rings is 1. The quantitative estimate of drug-likeness (QED) is 0.677. The standard InChI is InChI=1S/C13H18ClN3O3/c1-10(18)9-15-4-6-16(7-5-15)12-3-2-11(14)8-13(12)17(19)20/h2-3,8,10,18H,4-7,9H2,1H3/t10-/m1/s1. The Morgan fingerprint density at radius 3 is 2.60 bits per heavy atom. The number of halogens is 1. The number of rotatable bonds is 4. The molecule has 0 unspecified atom stereocenters. The minimum atomic E-state index is -0.399. The maximum atomic E-state index is 11.1. The number of nitro benzene ring substituents is 1. The Bertz CT molecular complexity index is 488. The minimum absolute atomic E-state index is 0.0430. The number of hydrogen-bond donors (Lipinski definition) is 1. The Labute approximate surface area is 122 Å². The molecule has 1 aliphatic heterocycles. The van der Waals surface area contributed by atoms with Gasteiger partial charge in [-0.1, -0.05) is 11.6 Å². The number of hydrogen-bond acceptors (Lipinski definition) is 5. The van der Waals surface area contributed by atoms with Crippen LogP contribution in [0.1, 0.15) is 6.92 Å². The van der Waals surface area contributed by atoms with Crippen LogP contribution >= 0.6 is 11.6 Å². The van der Waals surface area contributed by atoms with Crippen molar-refractivity contribution in [2.24, 2.45) is 0 Å². The van der Waals surface area contributed by atoms with Crippen molar-refractivity contribution in [2.45, 2.75) is 13.0 Å². The highest BCUT2D eigenvalue weighted by Gasteiger charge is 2.24. The van der Waals surface area contributed by atoms with Crippen LogP contribution in [-0.2, 0) is 0 Å². The van der Waals surface area contributed by atoms with E-state index in [1.807, 2.05) is 4.90 Å². The zero-order valence-electron chi connectivity index (χ0n) is 11.3. The van der Waals surface area contributed by atoms with Crippen molar-refractivity contribution < 1.29 is 10.0 Å². The number of aliphatic hydroxyl groups is 1. The van der Waals surface area contributed by atoms with Crippen LogP contribution in [0.25, 0.3) is 0 Å². The summed E-state index contributed by atoms with van der Waals surface area (Å²) in [5.41, 5.74) is 0.651. The molecule has 1 aliphatic rings. The fourth-order valence-corrected chi connectivity index (χ4v) is 2.62. The minimum Gasteiger partial charge on any atom is -0.392 e. The van der Waals surface area contributed by atoms with E-state index in [1.165, 1.54) is 6.07 Å². The molecule has 110 valence electrons. The van der Waals surface area contributed by atoms with E-state index in [-0.39, 0.29) is 11.8 Å². The van der Waals surface area contributed by atoms with Crippen LogP contribution in [0.4, 0.5) is 11.4 Å². The summed E-state index contributed by atoms with van der Waals surface area (Å²) in [6.45, 7) is 5.37. The Morgan fingerprint density at radius 1 is 1.40 bits per heavy atom. The van der Waals surface area contributed by atoms with Gasteiger partial charge in [0.15, 0.2) is 0 Å². The molecule has 0 radical (unpaired) electrons. The highest BCUT2D eigenvalue weighted by Crippen LogP contribution is 2.31. The van der Waals surface area contributed by atoms with Crippen LogP contribution in [-0.4, -0.2) is 53.8 Å². The lowest BCUT2D eigenvalue weighted by Crippen LogP contribution is -2.48. The van der Waals surface area contributed by atoms with Crippen LogP contribution in [0.5, 0.6) is 0 Å². The van der Waals surface area contributed by atoms with E-state index >= 15 is 0 Å². The van der Waals surface area contributed by atoms with E-state index in [9.17, 15) is 15.2 Å². The molecule has 0 aliphatic carbocycles. The van der Waals surface area contributed by atoms with E-state index in [4.69, 9.17) is 11.6 Å². The molecule has 6 nitrogen and oxygen atoms in total. The number of nitrogens with zero attached hydrogens (tertiary/aromatic N) is 3. The van der Waals surface area contributed by atoms with Gasteiger partial charge in [-0.2, -0.15) is 0 Å². The number of nitro groups is 1. The first kappa shape index (κ1) is 15.0. The number of β-amino-alcohol motifs (C(OH)–C–C–N with tert-alkyl or cyclic N) is 1. The second-order valence-corrected chi connectivity index (χ2v) is 5.46. The maximum absolute atomic E-state index is 11.1. The average Bonchev–Trinajstić information content (AvgIpc) is 2.39. The Kier molecular flexibility index (Phi) is 4.80. The lowest BCUT2D eigenvalue weighted by atomic mass is 10.2. The van der Waals surface area contributed by atoms with Crippen molar-refractivity contribution in [3.05, 3.63) is 33.3 Å². The molecule has 1 N–H and O–H groups in total. The second-order valence-electron chi connectivity index (χ2n) is 5.03. The van der Waals surface area contributed by atoms with Crippen molar-refractivity contribution in [1.29, 1.82) is 0 Å². The predicted molar refractivity (Wildman–Crippen MR) is 78.4 cm³/mol. The third-order valence-corrected chi connectivity index (χ3v) is 3.60. The smallest absolute Gasteiger partial charge is 0.294 e. The number of piperazine rings is 1. The van der Waals surface area contributed by atoms with Gasteiger partial charge >= 0.3 is 0 Å². The lowest BCUT2D eigenvalue weighted by Gasteiger charge is -2.36. The fourth-order valence-electron chi connectivity index (χ4n) is 2.46. The summed E-state index contributed by atoms with van der Waals surface area (Å²) in [4.78, 5) is 14.9. The first-order chi connectivity index (χ1) is 9.47. The summed E-state index contributed by atoms with van der Waals surface area (Å²) < 4.78 is 0. The monoisotopic (exact) mass is 299 g/mol. The maximum Gasteiger partial charge on any atom is 0.294 e. The fraction of sp³-hybridized carbons (Fsp3) is 0.538. The van der Waals surface area contributed by atoms with Crippen LogP contribution in [0.2, 0.25) is 5.02 Å². The summed E-state index contributed by atoms with van der Waals surface area (Å²) in [5.74, 6) is 0. The largest absolute Gasteiger partial charge is 0.392 e. The molecule has 0 spiro atoms. The molecular weight excluding hydrogens is 282 g/mol. The molecule has 1 aromatic carbocycles. The van der Waals surface area contributed by atoms with E-state index < -0.39 is 4.92 Å². The molecule has 20 heavy (non-hydrogen) atoms. The van der Waals surface area contributed by atoms with Crippen molar-refractivity contribution >= 4 is 23.0 Å². The van der Waals surface area contributed by atoms with Gasteiger partial charge < -0.3 is 10.0 Å². The predicted octanol–water partition coefficient (Wildman–Crippen LogP) is 1.75. The number of anilines is 1. The highest BCUT2D eigenvalue weighted by molar-refractivity contribution is 6.30. The average molecular weight is 300 g/mol. The third kappa shape index (κ3) is 3.59. The molecular formula is C13H18ClN3O3. The number of aliphatic hydroxyl groups excluding tert-OH is 1. The van der Waals surface area contributed by atoms with Crippen LogP contribution < -0.4 is 4.90 Å². The van der Waals surface area contributed by atoms with E-state index in [0.29, 0.717) is 30.3 Å². The summed E-state index contributed by atoms with van der Waals surface area (Å²) in [7, 11) is 0. The summed E-state index contributed by atoms with van der Waals surface area (Å²) >= 11 is 5.82. The first-order valence-electron chi connectivity index (χ1n) is 6.56. The normalized spacial score (nSPS) is 18.1. The van der Waals surface area contributed by atoms with Gasteiger partial charge in [0, 0.05) is 43.8 Å². The summed E-state index contributed by atoms with van der Waals surface area (Å²) in [6, 6.07) is 4.76. The molecule has 7 heteroatoms. The highest BCUT2D eigenvalue weighted by atomic mass is 35.5. The zero-order valence-corrected chi connectivity index (χ0v) is 12.1. The molecule has 0 amide bonds. The van der Waals surface area contributed by atoms with Crippen molar-refractivity contribution in [3.8, 4) is 0 Å². The van der Waals surface area contributed by atoms with E-state index in [0.717, 1.165) is 13.1 Å². The summed E-state index contributed by atoms with van der Waals surface area (Å²) in [6.07, 6.45) is -0.355. The van der Waals surface area contributed by atoms with E-state index in [1.54, 1.807) is 19.1 Å². The molecule has 0 aromatic heterocycles. The molecule has 1 aromatic rings. The van der Waals surface area contributed by atoms with Gasteiger partial charge in [-0.15, -0.1) is 0 Å². The van der Waals surface area contributed by atoms with Crippen LogP contribution in [0.3, 0.4) is 0 Å². The molecule has 1 saturated heterocycles. The Balaban J connectivity index is 2.09. The Hall–Kier alpha value is -1.37. The Morgan fingerprint density at radius 2 is 2.05 bits per heavy atom. The lowest BCUT2D eigenvalue weighted by molar-refractivity contribution is -0.384. The molecule has 1 fully saturated rings. The third-order valence-electron chi connectivity index (χ3n) is 3.37. The SMILES string of the molecule is C[C@@H](O)CN1CCN(c2ccc(Cl)cc2[N+](=O)[O-])CC1. The molecule has 0 saturated carbocycles. The molecule has 1 atom stereocenters. The molecule has 2 rings (SSSR count). The van der Waals surface area contributed by atoms with Crippen LogP contribution in [0, 0.1) is 10.1 Å². The van der Waals surface area contributed by atoms with E-state index in [2.05, 4.69) is 4.90 Å². The van der Waals surface area contributed by atoms with Gasteiger partial charge in [-0.3, -0.25) is 15.0 Å². The van der Waals surface area contributed by atoms with Crippen LogP contribution in [0.15, 0.2) is 18.2 Å². The molecule has 1 heterocycles. The topological polar surface area (TPSA) is 69.8 Å². The zero-order chi connectivity index (χ0) is 14.7. The van der Waals surface area contributed by atoms with Gasteiger partial charge in [0.1, 0.15) is 5.69 Å². The first-order valence-corrected chi connectivity index (χ1v) is 6.94. The van der Waals surface area contributed by atoms with Gasteiger partial charge in [0.2, 0.25) is 0 Å². The van der Waals surface area contributed by atoms with Gasteiger partial charge in [0.25, 0.3) is 5.69 Å². The second kappa shape index (κ2) is 6.39. The summed E-state index contributed by atoms with van der Waals surface area (Å²) in [5, 5.41) is 20.8. The van der Waals surface area contributed by atoms with Crippen molar-refractivity contribution in [3.63, 3.8) is 0 Å².